The Morgan fingerprint density at radius 3 is 2.85 bits per heavy atom. The zero-order valence-corrected chi connectivity index (χ0v) is 19.0. The Balaban J connectivity index is 1.58. The molecule has 1 atom stereocenters. The smallest absolute Gasteiger partial charge is 0.293 e. The van der Waals surface area contributed by atoms with Gasteiger partial charge in [0.2, 0.25) is 5.95 Å². The molecule has 4 heterocycles. The second-order valence-electron chi connectivity index (χ2n) is 8.84. The lowest BCUT2D eigenvalue weighted by Crippen LogP contribution is -2.44. The van der Waals surface area contributed by atoms with Gasteiger partial charge in [0, 0.05) is 37.3 Å². The van der Waals surface area contributed by atoms with Crippen LogP contribution >= 0.6 is 0 Å². The number of benzene rings is 1. The van der Waals surface area contributed by atoms with Gasteiger partial charge in [-0.15, -0.1) is 0 Å². The number of imidazole rings is 1. The third-order valence-corrected chi connectivity index (χ3v) is 5.98. The van der Waals surface area contributed by atoms with E-state index in [-0.39, 0.29) is 18.1 Å². The molecule has 0 saturated carbocycles. The van der Waals surface area contributed by atoms with Crippen LogP contribution in [0.2, 0.25) is 0 Å². The normalized spacial score (nSPS) is 16.5. The van der Waals surface area contributed by atoms with Gasteiger partial charge in [-0.1, -0.05) is 29.8 Å². The van der Waals surface area contributed by atoms with Gasteiger partial charge in [0.25, 0.3) is 5.56 Å². The van der Waals surface area contributed by atoms with Crippen molar-refractivity contribution >= 4 is 27.9 Å². The van der Waals surface area contributed by atoms with Crippen molar-refractivity contribution in [3.05, 3.63) is 64.5 Å². The number of piperidine rings is 1. The fraction of sp³-hybridized carbons (Fsp3) is 0.375. The van der Waals surface area contributed by atoms with Gasteiger partial charge in [0.05, 0.1) is 11.7 Å². The molecule has 5 rings (SSSR count). The lowest BCUT2D eigenvalue weighted by atomic mass is 10.1. The number of anilines is 1. The van der Waals surface area contributed by atoms with Gasteiger partial charge in [-0.25, -0.2) is 19.6 Å². The van der Waals surface area contributed by atoms with Crippen LogP contribution in [0.3, 0.4) is 0 Å². The molecule has 9 nitrogen and oxygen atoms in total. The molecule has 1 aliphatic heterocycles. The highest BCUT2D eigenvalue weighted by Crippen LogP contribution is 2.23. The van der Waals surface area contributed by atoms with Gasteiger partial charge in [-0.3, -0.25) is 4.79 Å². The van der Waals surface area contributed by atoms with E-state index in [2.05, 4.69) is 26.0 Å². The van der Waals surface area contributed by atoms with E-state index >= 15 is 0 Å². The number of nitrogens with two attached hydrogens (primary N) is 1. The van der Waals surface area contributed by atoms with Crippen LogP contribution in [0.15, 0.2) is 53.1 Å². The van der Waals surface area contributed by atoms with Crippen LogP contribution in [0.1, 0.15) is 32.5 Å². The number of fused-ring (bicyclic) bond motifs is 2. The summed E-state index contributed by atoms with van der Waals surface area (Å²) in [6, 6.07) is 7.89. The van der Waals surface area contributed by atoms with Crippen LogP contribution in [-0.2, 0) is 13.1 Å². The highest BCUT2D eigenvalue weighted by atomic mass is 16.1. The number of nitrogens with zero attached hydrogens (tertiary/aromatic N) is 7. The summed E-state index contributed by atoms with van der Waals surface area (Å²) >= 11 is 0. The van der Waals surface area contributed by atoms with Crippen molar-refractivity contribution in [2.45, 2.75) is 45.8 Å². The molecule has 170 valence electrons. The van der Waals surface area contributed by atoms with Crippen LogP contribution in [0.5, 0.6) is 0 Å². The summed E-state index contributed by atoms with van der Waals surface area (Å²) in [5.74, 6) is 1.32. The Bertz CT molecular complexity index is 1400. The fourth-order valence-corrected chi connectivity index (χ4v) is 4.29. The maximum absolute atomic E-state index is 13.5. The number of hydrogen-bond donors (Lipinski definition) is 1. The Labute approximate surface area is 191 Å². The van der Waals surface area contributed by atoms with E-state index in [9.17, 15) is 4.79 Å². The summed E-state index contributed by atoms with van der Waals surface area (Å²) < 4.78 is 3.40. The molecule has 2 N–H and O–H groups in total. The summed E-state index contributed by atoms with van der Waals surface area (Å²) in [6.45, 7) is 6.45. The van der Waals surface area contributed by atoms with Crippen LogP contribution < -0.4 is 16.2 Å². The van der Waals surface area contributed by atoms with Crippen molar-refractivity contribution in [2.24, 2.45) is 5.73 Å². The van der Waals surface area contributed by atoms with Crippen molar-refractivity contribution in [2.75, 3.05) is 18.0 Å². The Morgan fingerprint density at radius 1 is 1.18 bits per heavy atom. The molecule has 1 aliphatic rings. The Hall–Kier alpha value is -3.59. The topological polar surface area (TPSA) is 108 Å². The van der Waals surface area contributed by atoms with E-state index in [0.29, 0.717) is 23.4 Å². The second kappa shape index (κ2) is 8.74. The van der Waals surface area contributed by atoms with Crippen molar-refractivity contribution in [3.63, 3.8) is 0 Å². The van der Waals surface area contributed by atoms with Crippen LogP contribution in [-0.4, -0.2) is 48.4 Å². The van der Waals surface area contributed by atoms with E-state index in [0.717, 1.165) is 42.8 Å². The van der Waals surface area contributed by atoms with Gasteiger partial charge >= 0.3 is 0 Å². The van der Waals surface area contributed by atoms with E-state index < -0.39 is 0 Å². The molecule has 0 amide bonds. The molecule has 1 fully saturated rings. The van der Waals surface area contributed by atoms with Crippen molar-refractivity contribution in [3.8, 4) is 0 Å². The molecule has 4 aromatic rings. The van der Waals surface area contributed by atoms with Crippen molar-refractivity contribution < 1.29 is 0 Å². The first-order valence-electron chi connectivity index (χ1n) is 11.3. The summed E-state index contributed by atoms with van der Waals surface area (Å²) in [5, 5.41) is 5.34. The van der Waals surface area contributed by atoms with Gasteiger partial charge in [-0.2, -0.15) is 5.10 Å². The summed E-state index contributed by atoms with van der Waals surface area (Å²) in [6.07, 6.45) is 7.55. The Kier molecular flexibility index (Phi) is 5.63. The predicted octanol–water partition coefficient (Wildman–Crippen LogP) is 2.48. The lowest BCUT2D eigenvalue weighted by molar-refractivity contribution is 0.495. The summed E-state index contributed by atoms with van der Waals surface area (Å²) in [5.41, 5.74) is 9.17. The zero-order chi connectivity index (χ0) is 22.9. The van der Waals surface area contributed by atoms with E-state index in [4.69, 9.17) is 10.7 Å². The molecule has 33 heavy (non-hydrogen) atoms. The van der Waals surface area contributed by atoms with Gasteiger partial charge in [0.1, 0.15) is 17.6 Å². The van der Waals surface area contributed by atoms with Gasteiger partial charge in [-0.05, 0) is 32.8 Å². The third-order valence-electron chi connectivity index (χ3n) is 5.98. The van der Waals surface area contributed by atoms with E-state index in [1.165, 1.54) is 10.3 Å². The SMILES string of the molecule is CC(C)=CCn1c(N2CCCC(N)C2)nc2cnn(Cc3ncc4ccccc4n3)c(=O)c21. The monoisotopic (exact) mass is 444 g/mol. The maximum atomic E-state index is 13.5. The predicted molar refractivity (Wildman–Crippen MR) is 129 cm³/mol. The number of aromatic nitrogens is 6. The molecular formula is C24H28N8O. The minimum absolute atomic E-state index is 0.107. The number of rotatable bonds is 5. The molecule has 1 aromatic carbocycles. The lowest BCUT2D eigenvalue weighted by Gasteiger charge is -2.31. The molecule has 0 spiro atoms. The minimum Gasteiger partial charge on any atom is -0.341 e. The minimum atomic E-state index is -0.202. The largest absolute Gasteiger partial charge is 0.341 e. The highest BCUT2D eigenvalue weighted by molar-refractivity contribution is 5.78. The standard InChI is InChI=1S/C24H28N8O/c1-16(2)9-11-31-22-20(29-24(31)30-10-5-7-18(25)14-30)13-27-32(23(22)33)15-21-26-12-17-6-3-4-8-19(17)28-21/h3-4,6,8-9,12-13,18H,5,7,10-11,14-15,25H2,1-2H3. The molecule has 0 bridgehead atoms. The van der Waals surface area contributed by atoms with Crippen molar-refractivity contribution in [1.82, 2.24) is 29.3 Å². The first-order valence-corrected chi connectivity index (χ1v) is 11.3. The molecule has 9 heteroatoms. The van der Waals surface area contributed by atoms with Crippen LogP contribution in [0.4, 0.5) is 5.95 Å². The van der Waals surface area contributed by atoms with E-state index in [1.807, 2.05) is 42.7 Å². The van der Waals surface area contributed by atoms with Gasteiger partial charge in [0.15, 0.2) is 5.82 Å². The number of allylic oxidation sites excluding steroid dienone is 2. The molecule has 0 radical (unpaired) electrons. The Morgan fingerprint density at radius 2 is 2.03 bits per heavy atom. The molecule has 0 aliphatic carbocycles. The summed E-state index contributed by atoms with van der Waals surface area (Å²) in [7, 11) is 0. The first kappa shape index (κ1) is 21.3. The first-order chi connectivity index (χ1) is 16.0. The number of hydrogen-bond acceptors (Lipinski definition) is 7. The van der Waals surface area contributed by atoms with Crippen molar-refractivity contribution in [1.29, 1.82) is 0 Å². The zero-order valence-electron chi connectivity index (χ0n) is 19.0. The average Bonchev–Trinajstić information content (AvgIpc) is 3.19. The fourth-order valence-electron chi connectivity index (χ4n) is 4.29. The van der Waals surface area contributed by atoms with Crippen LogP contribution in [0.25, 0.3) is 21.9 Å². The van der Waals surface area contributed by atoms with Gasteiger partial charge < -0.3 is 15.2 Å². The molecular weight excluding hydrogens is 416 g/mol. The average molecular weight is 445 g/mol. The molecule has 3 aromatic heterocycles. The quantitative estimate of drug-likeness (QED) is 0.471. The third kappa shape index (κ3) is 4.23. The van der Waals surface area contributed by atoms with E-state index in [1.54, 1.807) is 12.4 Å². The number of para-hydroxylation sites is 1. The molecule has 1 saturated heterocycles. The highest BCUT2D eigenvalue weighted by Gasteiger charge is 2.24. The second-order valence-corrected chi connectivity index (χ2v) is 8.84. The summed E-state index contributed by atoms with van der Waals surface area (Å²) in [4.78, 5) is 29.5. The molecule has 1 unspecified atom stereocenters. The van der Waals surface area contributed by atoms with Crippen LogP contribution in [0, 0.1) is 0 Å². The maximum Gasteiger partial charge on any atom is 0.293 e.